The molecule has 1 saturated carbocycles. The van der Waals surface area contributed by atoms with Crippen LogP contribution in [0.5, 0.6) is 11.5 Å². The van der Waals surface area contributed by atoms with Crippen LogP contribution in [-0.4, -0.2) is 102 Å². The van der Waals surface area contributed by atoms with E-state index < -0.39 is 18.1 Å². The van der Waals surface area contributed by atoms with Crippen molar-refractivity contribution < 1.29 is 28.7 Å². The van der Waals surface area contributed by atoms with Crippen molar-refractivity contribution in [2.24, 2.45) is 10.8 Å². The molecule has 0 bridgehead atoms. The number of nitrogens with one attached hydrogen (secondary N) is 3. The predicted molar refractivity (Wildman–Crippen MR) is 224 cm³/mol. The average Bonchev–Trinajstić information content (AvgIpc) is 3.21. The van der Waals surface area contributed by atoms with Gasteiger partial charge in [-0.3, -0.25) is 29.4 Å². The lowest BCUT2D eigenvalue weighted by atomic mass is 9.49. The van der Waals surface area contributed by atoms with Crippen LogP contribution >= 0.6 is 11.6 Å². The molecule has 1 aromatic heterocycles. The molecule has 4 aliphatic rings. The van der Waals surface area contributed by atoms with Crippen LogP contribution in [-0.2, 0) is 9.59 Å². The molecule has 1 aliphatic carbocycles. The number of pyridine rings is 1. The van der Waals surface area contributed by atoms with E-state index in [1.807, 2.05) is 25.1 Å². The average molecular weight is 825 g/mol. The van der Waals surface area contributed by atoms with Gasteiger partial charge in [0.2, 0.25) is 11.8 Å². The number of piperidine rings is 1. The minimum Gasteiger partial charge on any atom is -0.491 e. The summed E-state index contributed by atoms with van der Waals surface area (Å²) in [6.45, 7) is 15.2. The Morgan fingerprint density at radius 2 is 1.78 bits per heavy atom. The van der Waals surface area contributed by atoms with Crippen molar-refractivity contribution in [3.05, 3.63) is 76.4 Å². The van der Waals surface area contributed by atoms with E-state index in [1.54, 1.807) is 36.5 Å². The molecule has 14 nitrogen and oxygen atoms in total. The standard InChI is InChI=1S/C44H53ClN8O6/c1-27-48-37-31(40(57)53(27)33-15-17-36(54)49-39(33)56)10-9-11-34(37)58-23-8-6-7-18-51-19-21-52(22-20-51)35-16-13-29(26-47-35)38(55)50-41-43(2,3)42(44(41,4)5)59-30-14-12-28(25-46)32(45)24-30/h9-14,16,24,26-27,33,41-42,48H,6-8,15,17-23H2,1-5H3,(H,50,55)(H,49,54,56). The quantitative estimate of drug-likeness (QED) is 0.145. The van der Waals surface area contributed by atoms with Gasteiger partial charge in [0.05, 0.1) is 40.2 Å². The molecule has 2 aromatic carbocycles. The Hall–Kier alpha value is -5.39. The van der Waals surface area contributed by atoms with E-state index >= 15 is 0 Å². The molecular weight excluding hydrogens is 772 g/mol. The zero-order chi connectivity index (χ0) is 42.1. The van der Waals surface area contributed by atoms with Gasteiger partial charge in [0, 0.05) is 61.7 Å². The van der Waals surface area contributed by atoms with Gasteiger partial charge in [-0.25, -0.2) is 4.98 Å². The van der Waals surface area contributed by atoms with Crippen molar-refractivity contribution in [3.63, 3.8) is 0 Å². The third kappa shape index (κ3) is 8.54. The maximum absolute atomic E-state index is 13.5. The first kappa shape index (κ1) is 41.8. The van der Waals surface area contributed by atoms with Crippen LogP contribution in [0.15, 0.2) is 54.7 Å². The summed E-state index contributed by atoms with van der Waals surface area (Å²) in [5.41, 5.74) is 1.26. The maximum atomic E-state index is 13.5. The molecule has 2 atom stereocenters. The van der Waals surface area contributed by atoms with Crippen molar-refractivity contribution in [1.82, 2.24) is 25.4 Å². The SMILES string of the molecule is CC1Nc2c(OCCCCCN3CCN(c4ccc(C(=O)NC5C(C)(C)C(Oc6ccc(C#N)c(Cl)c6)C5(C)C)cn4)CC3)cccc2C(=O)N1C1CCC(=O)NC1=O. The summed E-state index contributed by atoms with van der Waals surface area (Å²) in [6.07, 6.45) is 4.44. The van der Waals surface area contributed by atoms with Crippen LogP contribution in [0.4, 0.5) is 11.5 Å². The zero-order valence-corrected chi connectivity index (χ0v) is 35.1. The molecule has 2 unspecified atom stereocenters. The number of piperazine rings is 1. The molecule has 2 saturated heterocycles. The molecule has 3 N–H and O–H groups in total. The molecule has 0 spiro atoms. The minimum atomic E-state index is -0.702. The number of nitriles is 1. The minimum absolute atomic E-state index is 0.147. The Morgan fingerprint density at radius 3 is 2.46 bits per heavy atom. The van der Waals surface area contributed by atoms with Crippen LogP contribution in [0.1, 0.15) is 93.0 Å². The number of amides is 4. The second kappa shape index (κ2) is 17.1. The highest BCUT2D eigenvalue weighted by Gasteiger charge is 2.64. The second-order valence-corrected chi connectivity index (χ2v) is 17.5. The number of para-hydroxylation sites is 1. The lowest BCUT2D eigenvalue weighted by molar-refractivity contribution is -0.164. The largest absolute Gasteiger partial charge is 0.491 e. The molecule has 0 radical (unpaired) electrons. The Kier molecular flexibility index (Phi) is 12.1. The fraction of sp³-hybridized carbons (Fsp3) is 0.500. The van der Waals surface area contributed by atoms with Crippen molar-refractivity contribution in [2.45, 2.75) is 91.1 Å². The number of halogens is 1. The van der Waals surface area contributed by atoms with Gasteiger partial charge >= 0.3 is 0 Å². The summed E-state index contributed by atoms with van der Waals surface area (Å²) < 4.78 is 12.5. The summed E-state index contributed by atoms with van der Waals surface area (Å²) in [7, 11) is 0. The number of imide groups is 1. The molecule has 3 aromatic rings. The van der Waals surface area contributed by atoms with Crippen LogP contribution in [0.3, 0.4) is 0 Å². The molecule has 4 amide bonds. The molecule has 312 valence electrons. The number of carbonyl (C=O) groups is 4. The molecule has 3 aliphatic heterocycles. The van der Waals surface area contributed by atoms with Crippen LogP contribution in [0.25, 0.3) is 0 Å². The maximum Gasteiger partial charge on any atom is 0.258 e. The first-order chi connectivity index (χ1) is 28.2. The van der Waals surface area contributed by atoms with E-state index in [0.29, 0.717) is 51.9 Å². The zero-order valence-electron chi connectivity index (χ0n) is 34.3. The highest BCUT2D eigenvalue weighted by molar-refractivity contribution is 6.31. The van der Waals surface area contributed by atoms with E-state index in [0.717, 1.165) is 57.8 Å². The Morgan fingerprint density at radius 1 is 1.02 bits per heavy atom. The topological polar surface area (TPSA) is 169 Å². The van der Waals surface area contributed by atoms with Gasteiger partial charge in [0.15, 0.2) is 0 Å². The molecule has 15 heteroatoms. The number of hydrogen-bond acceptors (Lipinski definition) is 11. The van der Waals surface area contributed by atoms with E-state index in [1.165, 1.54) is 4.90 Å². The van der Waals surface area contributed by atoms with Gasteiger partial charge in [-0.05, 0) is 75.5 Å². The van der Waals surface area contributed by atoms with E-state index in [2.05, 4.69) is 64.5 Å². The molecule has 59 heavy (non-hydrogen) atoms. The van der Waals surface area contributed by atoms with E-state index in [-0.39, 0.29) is 47.1 Å². The summed E-state index contributed by atoms with van der Waals surface area (Å²) >= 11 is 6.24. The number of carbonyl (C=O) groups excluding carboxylic acids is 4. The Balaban J connectivity index is 0.817. The number of benzene rings is 2. The second-order valence-electron chi connectivity index (χ2n) is 17.1. The van der Waals surface area contributed by atoms with Gasteiger partial charge < -0.3 is 29.9 Å². The van der Waals surface area contributed by atoms with Crippen molar-refractivity contribution in [3.8, 4) is 17.6 Å². The van der Waals surface area contributed by atoms with Crippen molar-refractivity contribution in [1.29, 1.82) is 5.26 Å². The normalized spacial score (nSPS) is 23.6. The van der Waals surface area contributed by atoms with Gasteiger partial charge in [-0.15, -0.1) is 0 Å². The first-order valence-corrected chi connectivity index (χ1v) is 20.9. The summed E-state index contributed by atoms with van der Waals surface area (Å²) in [5, 5.41) is 18.5. The monoisotopic (exact) mass is 824 g/mol. The van der Waals surface area contributed by atoms with Gasteiger partial charge in [0.25, 0.3) is 11.8 Å². The number of hydrogen-bond donors (Lipinski definition) is 3. The summed E-state index contributed by atoms with van der Waals surface area (Å²) in [6, 6.07) is 15.4. The highest BCUT2D eigenvalue weighted by atomic mass is 35.5. The third-order valence-electron chi connectivity index (χ3n) is 12.3. The Bertz CT molecular complexity index is 2110. The molecular formula is C44H53ClN8O6. The lowest BCUT2D eigenvalue weighted by Crippen LogP contribution is -2.74. The Labute approximate surface area is 350 Å². The van der Waals surface area contributed by atoms with Gasteiger partial charge in [-0.1, -0.05) is 45.4 Å². The smallest absolute Gasteiger partial charge is 0.258 e. The third-order valence-corrected chi connectivity index (χ3v) is 12.6. The fourth-order valence-corrected chi connectivity index (χ4v) is 9.66. The van der Waals surface area contributed by atoms with Gasteiger partial charge in [-0.2, -0.15) is 5.26 Å². The number of nitrogens with zero attached hydrogens (tertiary/aromatic N) is 5. The van der Waals surface area contributed by atoms with Crippen LogP contribution < -0.4 is 30.3 Å². The van der Waals surface area contributed by atoms with E-state index in [9.17, 15) is 24.4 Å². The van der Waals surface area contributed by atoms with E-state index in [4.69, 9.17) is 21.1 Å². The molecule has 3 fully saturated rings. The predicted octanol–water partition coefficient (Wildman–Crippen LogP) is 5.61. The number of anilines is 2. The number of fused-ring (bicyclic) bond motifs is 1. The van der Waals surface area contributed by atoms with Crippen molar-refractivity contribution >= 4 is 46.7 Å². The fourth-order valence-electron chi connectivity index (χ4n) is 9.45. The van der Waals surface area contributed by atoms with Crippen molar-refractivity contribution in [2.75, 3.05) is 49.5 Å². The lowest BCUT2D eigenvalue weighted by Gasteiger charge is -2.63. The molecule has 4 heterocycles. The van der Waals surface area contributed by atoms with Gasteiger partial charge in [0.1, 0.15) is 35.5 Å². The van der Waals surface area contributed by atoms with Crippen LogP contribution in [0, 0.1) is 22.2 Å². The summed E-state index contributed by atoms with van der Waals surface area (Å²) in [4.78, 5) is 62.0. The first-order valence-electron chi connectivity index (χ1n) is 20.5. The number of rotatable bonds is 13. The molecule has 7 rings (SSSR count). The number of unbranched alkanes of at least 4 members (excludes halogenated alkanes) is 2. The highest BCUT2D eigenvalue weighted by Crippen LogP contribution is 2.55. The van der Waals surface area contributed by atoms with Crippen LogP contribution in [0.2, 0.25) is 5.02 Å². The summed E-state index contributed by atoms with van der Waals surface area (Å²) in [5.74, 6) is 0.874. The number of aromatic nitrogens is 1. The number of ether oxygens (including phenoxy) is 2.